The molecular weight excluding hydrogens is 398 g/mol. The molecule has 1 aliphatic heterocycles. The largest absolute Gasteiger partial charge is 0.325 e. The van der Waals surface area contributed by atoms with E-state index in [-0.39, 0.29) is 17.9 Å². The van der Waals surface area contributed by atoms with E-state index in [0.29, 0.717) is 24.6 Å². The molecule has 4 amide bonds. The summed E-state index contributed by atoms with van der Waals surface area (Å²) in [6.45, 7) is 5.66. The Balaban J connectivity index is 1.54. The van der Waals surface area contributed by atoms with Crippen LogP contribution in [0.25, 0.3) is 5.95 Å². The fourth-order valence-electron chi connectivity index (χ4n) is 4.03. The normalized spacial score (nSPS) is 18.4. The maximum absolute atomic E-state index is 12.9. The highest BCUT2D eigenvalue weighted by atomic mass is 16.2. The maximum Gasteiger partial charge on any atom is 0.325 e. The van der Waals surface area contributed by atoms with E-state index < -0.39 is 17.5 Å². The number of imide groups is 1. The summed E-state index contributed by atoms with van der Waals surface area (Å²) in [5, 5.41) is 10.1. The Bertz CT molecular complexity index is 1000. The molecule has 164 valence electrons. The van der Waals surface area contributed by atoms with Crippen molar-refractivity contribution in [3.05, 3.63) is 30.2 Å². The van der Waals surface area contributed by atoms with Crippen LogP contribution in [0.2, 0.25) is 0 Å². The summed E-state index contributed by atoms with van der Waals surface area (Å²) in [5.74, 6) is -0.124. The number of hydrogen-bond donors (Lipinski definition) is 2. The summed E-state index contributed by atoms with van der Waals surface area (Å²) in [5.41, 5.74) is -0.377. The first kappa shape index (κ1) is 21.0. The Kier molecular flexibility index (Phi) is 5.24. The number of nitrogens with one attached hydrogen (secondary N) is 2. The van der Waals surface area contributed by atoms with Crippen LogP contribution in [0.15, 0.2) is 24.5 Å². The molecule has 1 aliphatic carbocycles. The lowest BCUT2D eigenvalue weighted by molar-refractivity contribution is -0.134. The number of amides is 4. The molecule has 10 nitrogen and oxygen atoms in total. The lowest BCUT2D eigenvalue weighted by Gasteiger charge is -2.30. The minimum atomic E-state index is -0.853. The number of aromatic nitrogens is 4. The van der Waals surface area contributed by atoms with Gasteiger partial charge < -0.3 is 10.6 Å². The molecule has 2 aliphatic rings. The smallest absolute Gasteiger partial charge is 0.323 e. The summed E-state index contributed by atoms with van der Waals surface area (Å²) >= 11 is 0. The molecule has 0 radical (unpaired) electrons. The second kappa shape index (κ2) is 7.75. The van der Waals surface area contributed by atoms with Crippen molar-refractivity contribution in [3.63, 3.8) is 0 Å². The SMILES string of the molecule is CC(C)(C)c1cc(NC(=O)CN2C(=O)NC3(CCCCC3)C2=O)n(-c2ncccn2)n1. The van der Waals surface area contributed by atoms with Crippen LogP contribution < -0.4 is 10.6 Å². The van der Waals surface area contributed by atoms with E-state index in [1.165, 1.54) is 4.68 Å². The fourth-order valence-corrected chi connectivity index (χ4v) is 4.03. The van der Waals surface area contributed by atoms with E-state index in [4.69, 9.17) is 0 Å². The number of urea groups is 1. The molecule has 0 atom stereocenters. The zero-order valence-electron chi connectivity index (χ0n) is 18.0. The molecule has 0 unspecified atom stereocenters. The molecular formula is C21H27N7O3. The molecule has 2 fully saturated rings. The third kappa shape index (κ3) is 4.01. The van der Waals surface area contributed by atoms with Crippen LogP contribution in [0.3, 0.4) is 0 Å². The van der Waals surface area contributed by atoms with Crippen molar-refractivity contribution >= 4 is 23.7 Å². The van der Waals surface area contributed by atoms with Crippen LogP contribution in [0.5, 0.6) is 0 Å². The van der Waals surface area contributed by atoms with E-state index >= 15 is 0 Å². The molecule has 3 heterocycles. The predicted molar refractivity (Wildman–Crippen MR) is 113 cm³/mol. The van der Waals surface area contributed by atoms with E-state index in [1.54, 1.807) is 24.5 Å². The first-order chi connectivity index (χ1) is 14.7. The van der Waals surface area contributed by atoms with E-state index in [0.717, 1.165) is 29.9 Å². The van der Waals surface area contributed by atoms with Gasteiger partial charge in [0, 0.05) is 23.9 Å². The van der Waals surface area contributed by atoms with Crippen LogP contribution in [0.4, 0.5) is 10.6 Å². The summed E-state index contributed by atoms with van der Waals surface area (Å²) in [4.78, 5) is 47.6. The van der Waals surface area contributed by atoms with E-state index in [1.807, 2.05) is 20.8 Å². The summed E-state index contributed by atoms with van der Waals surface area (Å²) in [6, 6.07) is 2.93. The number of carbonyl (C=O) groups excluding carboxylic acids is 3. The van der Waals surface area contributed by atoms with Crippen molar-refractivity contribution in [1.82, 2.24) is 30.0 Å². The highest BCUT2D eigenvalue weighted by Gasteiger charge is 2.51. The first-order valence-electron chi connectivity index (χ1n) is 10.5. The zero-order chi connectivity index (χ0) is 22.2. The minimum absolute atomic E-state index is 0.266. The van der Waals surface area contributed by atoms with Gasteiger partial charge in [-0.2, -0.15) is 9.78 Å². The van der Waals surface area contributed by atoms with Crippen molar-refractivity contribution in [2.75, 3.05) is 11.9 Å². The van der Waals surface area contributed by atoms with E-state index in [2.05, 4.69) is 25.7 Å². The summed E-state index contributed by atoms with van der Waals surface area (Å²) < 4.78 is 1.45. The van der Waals surface area contributed by atoms with Crippen LogP contribution in [-0.2, 0) is 15.0 Å². The molecule has 1 saturated heterocycles. The Labute approximate surface area is 180 Å². The van der Waals surface area contributed by atoms with Gasteiger partial charge in [-0.05, 0) is 18.9 Å². The lowest BCUT2D eigenvalue weighted by Crippen LogP contribution is -2.48. The van der Waals surface area contributed by atoms with Gasteiger partial charge in [0.05, 0.1) is 5.69 Å². The quantitative estimate of drug-likeness (QED) is 0.724. The Morgan fingerprint density at radius 1 is 1.16 bits per heavy atom. The average molecular weight is 425 g/mol. The van der Waals surface area contributed by atoms with Gasteiger partial charge in [-0.1, -0.05) is 40.0 Å². The second-order valence-electron chi connectivity index (χ2n) is 9.14. The highest BCUT2D eigenvalue weighted by Crippen LogP contribution is 2.33. The van der Waals surface area contributed by atoms with Gasteiger partial charge in [0.1, 0.15) is 17.9 Å². The fraction of sp³-hybridized carbons (Fsp3) is 0.524. The van der Waals surface area contributed by atoms with Gasteiger partial charge in [-0.25, -0.2) is 14.8 Å². The van der Waals surface area contributed by atoms with Crippen molar-refractivity contribution in [2.45, 2.75) is 63.8 Å². The first-order valence-corrected chi connectivity index (χ1v) is 10.5. The topological polar surface area (TPSA) is 122 Å². The third-order valence-corrected chi connectivity index (χ3v) is 5.74. The standard InChI is InChI=1S/C21H27N7O3/c1-20(2,3)14-12-15(28(26-14)18-22-10-7-11-23-18)24-16(29)13-27-17(30)21(25-19(27)31)8-5-4-6-9-21/h7,10-12H,4-6,8-9,13H2,1-3H3,(H,24,29)(H,25,31). The summed E-state index contributed by atoms with van der Waals surface area (Å²) in [7, 11) is 0. The number of carbonyl (C=O) groups is 3. The molecule has 2 aromatic heterocycles. The minimum Gasteiger partial charge on any atom is -0.323 e. The average Bonchev–Trinajstić information content (AvgIpc) is 3.25. The molecule has 1 saturated carbocycles. The van der Waals surface area contributed by atoms with Gasteiger partial charge >= 0.3 is 6.03 Å². The van der Waals surface area contributed by atoms with Gasteiger partial charge in [0.25, 0.3) is 11.9 Å². The van der Waals surface area contributed by atoms with Crippen LogP contribution in [-0.4, -0.2) is 54.6 Å². The molecule has 0 bridgehead atoms. The number of hydrogen-bond acceptors (Lipinski definition) is 6. The number of nitrogens with zero attached hydrogens (tertiary/aromatic N) is 5. The Morgan fingerprint density at radius 2 is 1.84 bits per heavy atom. The maximum atomic E-state index is 12.9. The number of rotatable bonds is 4. The van der Waals surface area contributed by atoms with Crippen molar-refractivity contribution in [2.24, 2.45) is 0 Å². The van der Waals surface area contributed by atoms with Crippen LogP contribution in [0, 0.1) is 0 Å². The second-order valence-corrected chi connectivity index (χ2v) is 9.14. The van der Waals surface area contributed by atoms with Crippen molar-refractivity contribution < 1.29 is 14.4 Å². The van der Waals surface area contributed by atoms with Crippen LogP contribution >= 0.6 is 0 Å². The Hall–Kier alpha value is -3.30. The predicted octanol–water partition coefficient (Wildman–Crippen LogP) is 2.15. The van der Waals surface area contributed by atoms with Gasteiger partial charge in [0.15, 0.2) is 0 Å². The van der Waals surface area contributed by atoms with Gasteiger partial charge in [-0.15, -0.1) is 0 Å². The molecule has 0 aromatic carbocycles. The molecule has 31 heavy (non-hydrogen) atoms. The molecule has 1 spiro atoms. The molecule has 2 N–H and O–H groups in total. The highest BCUT2D eigenvalue weighted by molar-refractivity contribution is 6.10. The van der Waals surface area contributed by atoms with Gasteiger partial charge in [-0.3, -0.25) is 14.5 Å². The van der Waals surface area contributed by atoms with Crippen LogP contribution in [0.1, 0.15) is 58.6 Å². The lowest BCUT2D eigenvalue weighted by atomic mass is 9.82. The van der Waals surface area contributed by atoms with E-state index in [9.17, 15) is 14.4 Å². The zero-order valence-corrected chi connectivity index (χ0v) is 18.0. The monoisotopic (exact) mass is 425 g/mol. The number of anilines is 1. The molecule has 2 aromatic rings. The van der Waals surface area contributed by atoms with Gasteiger partial charge in [0.2, 0.25) is 5.91 Å². The van der Waals surface area contributed by atoms with Crippen molar-refractivity contribution in [1.29, 1.82) is 0 Å². The Morgan fingerprint density at radius 3 is 2.48 bits per heavy atom. The molecule has 10 heteroatoms. The van der Waals surface area contributed by atoms with Crippen molar-refractivity contribution in [3.8, 4) is 5.95 Å². The summed E-state index contributed by atoms with van der Waals surface area (Å²) in [6.07, 6.45) is 7.22. The molecule has 4 rings (SSSR count). The third-order valence-electron chi connectivity index (χ3n) is 5.74.